The van der Waals surface area contributed by atoms with Crippen molar-refractivity contribution in [3.63, 3.8) is 0 Å². The molecule has 0 aliphatic carbocycles. The molecule has 2 aromatic carbocycles. The van der Waals surface area contributed by atoms with Gasteiger partial charge in [0.05, 0.1) is 10.5 Å². The highest BCUT2D eigenvalue weighted by molar-refractivity contribution is 7.90. The van der Waals surface area contributed by atoms with Crippen molar-refractivity contribution in [2.75, 3.05) is 6.26 Å². The number of hydrogen-bond acceptors (Lipinski definition) is 4. The van der Waals surface area contributed by atoms with Crippen molar-refractivity contribution in [1.29, 1.82) is 0 Å². The minimum atomic E-state index is -3.27. The lowest BCUT2D eigenvalue weighted by Crippen LogP contribution is -2.29. The van der Waals surface area contributed by atoms with Crippen LogP contribution in [0.4, 0.5) is 0 Å². The highest BCUT2D eigenvalue weighted by Gasteiger charge is 2.42. The maximum absolute atomic E-state index is 12.9. The number of hydrogen-bond donors (Lipinski definition) is 0. The zero-order chi connectivity index (χ0) is 18.4. The second-order valence-electron chi connectivity index (χ2n) is 6.81. The Morgan fingerprint density at radius 3 is 2.16 bits per heavy atom. The van der Waals surface area contributed by atoms with Gasteiger partial charge in [-0.05, 0) is 50.6 Å². The molecule has 25 heavy (non-hydrogen) atoms. The summed E-state index contributed by atoms with van der Waals surface area (Å²) < 4.78 is 29.3. The van der Waals surface area contributed by atoms with E-state index in [4.69, 9.17) is 4.74 Å². The van der Waals surface area contributed by atoms with Crippen LogP contribution in [-0.2, 0) is 19.4 Å². The Labute approximate surface area is 148 Å². The van der Waals surface area contributed by atoms with E-state index in [-0.39, 0.29) is 10.7 Å². The third-order valence-corrected chi connectivity index (χ3v) is 5.34. The number of Topliss-reactive ketones (excluding diaryl/α,β-unsaturated/α-hetero) is 1. The van der Waals surface area contributed by atoms with E-state index in [9.17, 15) is 13.2 Å². The lowest BCUT2D eigenvalue weighted by molar-refractivity contribution is -0.125. The predicted octanol–water partition coefficient (Wildman–Crippen LogP) is 3.64. The van der Waals surface area contributed by atoms with E-state index in [1.807, 2.05) is 31.2 Å². The molecule has 2 aromatic rings. The molecule has 130 valence electrons. The smallest absolute Gasteiger partial charge is 0.210 e. The van der Waals surface area contributed by atoms with Gasteiger partial charge in [-0.3, -0.25) is 4.79 Å². The van der Waals surface area contributed by atoms with Gasteiger partial charge in [0, 0.05) is 11.8 Å². The highest BCUT2D eigenvalue weighted by Crippen LogP contribution is 2.41. The first-order valence-corrected chi connectivity index (χ1v) is 9.84. The van der Waals surface area contributed by atoms with E-state index in [1.165, 1.54) is 12.1 Å². The Bertz CT molecular complexity index is 981. The fraction of sp³-hybridized carbons (Fsp3) is 0.250. The third kappa shape index (κ3) is 3.24. The molecular formula is C20H20O4S. The number of ketones is 1. The maximum Gasteiger partial charge on any atom is 0.210 e. The Hall–Kier alpha value is -2.40. The van der Waals surface area contributed by atoms with Crippen molar-refractivity contribution < 1.29 is 17.9 Å². The average molecular weight is 356 g/mol. The first kappa shape index (κ1) is 17.4. The molecule has 1 aliphatic rings. The summed E-state index contributed by atoms with van der Waals surface area (Å²) in [7, 11) is -3.27. The van der Waals surface area contributed by atoms with Gasteiger partial charge in [0.15, 0.2) is 15.4 Å². The van der Waals surface area contributed by atoms with Gasteiger partial charge < -0.3 is 4.74 Å². The lowest BCUT2D eigenvalue weighted by atomic mass is 9.92. The molecule has 4 nitrogen and oxygen atoms in total. The van der Waals surface area contributed by atoms with Crippen LogP contribution >= 0.6 is 0 Å². The normalized spacial score (nSPS) is 16.9. The van der Waals surface area contributed by atoms with Crippen molar-refractivity contribution >= 4 is 27.0 Å². The van der Waals surface area contributed by atoms with Crippen molar-refractivity contribution in [3.05, 3.63) is 65.2 Å². The van der Waals surface area contributed by atoms with Gasteiger partial charge in [-0.2, -0.15) is 0 Å². The second-order valence-corrected chi connectivity index (χ2v) is 8.83. The van der Waals surface area contributed by atoms with E-state index in [1.54, 1.807) is 26.0 Å². The fourth-order valence-electron chi connectivity index (χ4n) is 2.88. The van der Waals surface area contributed by atoms with Crippen LogP contribution in [0, 0.1) is 6.92 Å². The summed E-state index contributed by atoms with van der Waals surface area (Å²) in [5.41, 5.74) is 2.11. The molecule has 1 heterocycles. The Morgan fingerprint density at radius 2 is 1.60 bits per heavy atom. The number of carbonyl (C=O) groups excluding carboxylic acids is 1. The summed E-state index contributed by atoms with van der Waals surface area (Å²) in [6, 6.07) is 14.1. The van der Waals surface area contributed by atoms with Gasteiger partial charge in [-0.1, -0.05) is 29.8 Å². The lowest BCUT2D eigenvalue weighted by Gasteiger charge is -2.17. The third-order valence-electron chi connectivity index (χ3n) is 4.21. The van der Waals surface area contributed by atoms with Gasteiger partial charge in [0.1, 0.15) is 5.76 Å². The van der Waals surface area contributed by atoms with E-state index >= 15 is 0 Å². The molecule has 0 fully saturated rings. The number of rotatable bonds is 3. The van der Waals surface area contributed by atoms with Gasteiger partial charge in [-0.25, -0.2) is 8.42 Å². The van der Waals surface area contributed by atoms with Crippen molar-refractivity contribution in [2.24, 2.45) is 0 Å². The largest absolute Gasteiger partial charge is 0.478 e. The molecule has 0 bridgehead atoms. The van der Waals surface area contributed by atoms with Crippen molar-refractivity contribution in [1.82, 2.24) is 0 Å². The number of benzene rings is 2. The van der Waals surface area contributed by atoms with Crippen LogP contribution in [0.1, 0.15) is 30.5 Å². The zero-order valence-electron chi connectivity index (χ0n) is 14.7. The number of ether oxygens (including phenoxy) is 1. The Morgan fingerprint density at radius 1 is 0.960 bits per heavy atom. The summed E-state index contributed by atoms with van der Waals surface area (Å²) in [6.45, 7) is 5.45. The van der Waals surface area contributed by atoms with E-state index < -0.39 is 15.4 Å². The van der Waals surface area contributed by atoms with Gasteiger partial charge in [0.25, 0.3) is 0 Å². The maximum atomic E-state index is 12.9. The summed E-state index contributed by atoms with van der Waals surface area (Å²) in [6.07, 6.45) is 1.16. The zero-order valence-corrected chi connectivity index (χ0v) is 15.5. The first-order chi connectivity index (χ1) is 11.6. The SMILES string of the molecule is Cc1cccc(C2=C(c3ccc(S(C)(=O)=O)cc3)OC(C)(C)C2=O)c1. The van der Waals surface area contributed by atoms with Crippen LogP contribution in [0.5, 0.6) is 0 Å². The standard InChI is InChI=1S/C20H20O4S/c1-13-6-5-7-15(12-13)17-18(24-20(2,3)19(17)21)14-8-10-16(11-9-14)25(4,22)23/h5-12H,1-4H3. The Balaban J connectivity index is 2.17. The van der Waals surface area contributed by atoms with Crippen LogP contribution in [0.2, 0.25) is 0 Å². The number of carbonyl (C=O) groups is 1. The fourth-order valence-corrected chi connectivity index (χ4v) is 3.51. The van der Waals surface area contributed by atoms with E-state index in [2.05, 4.69) is 0 Å². The predicted molar refractivity (Wildman–Crippen MR) is 97.7 cm³/mol. The molecule has 0 N–H and O–H groups in total. The first-order valence-electron chi connectivity index (χ1n) is 7.95. The van der Waals surface area contributed by atoms with Crippen LogP contribution in [0.25, 0.3) is 11.3 Å². The molecule has 3 rings (SSSR count). The molecule has 0 radical (unpaired) electrons. The van der Waals surface area contributed by atoms with Crippen LogP contribution in [0.15, 0.2) is 53.4 Å². The molecule has 0 aromatic heterocycles. The van der Waals surface area contributed by atoms with Crippen LogP contribution in [-0.4, -0.2) is 26.1 Å². The summed E-state index contributed by atoms with van der Waals surface area (Å²) in [5.74, 6) is 0.404. The molecule has 0 saturated heterocycles. The summed E-state index contributed by atoms with van der Waals surface area (Å²) >= 11 is 0. The molecule has 0 saturated carbocycles. The molecule has 5 heteroatoms. The minimum Gasteiger partial charge on any atom is -0.478 e. The summed E-state index contributed by atoms with van der Waals surface area (Å²) in [4.78, 5) is 13.1. The average Bonchev–Trinajstić information content (AvgIpc) is 2.77. The van der Waals surface area contributed by atoms with E-state index in [0.29, 0.717) is 16.9 Å². The summed E-state index contributed by atoms with van der Waals surface area (Å²) in [5, 5.41) is 0. The van der Waals surface area contributed by atoms with Crippen molar-refractivity contribution in [2.45, 2.75) is 31.3 Å². The molecule has 0 atom stereocenters. The van der Waals surface area contributed by atoms with Gasteiger partial charge >= 0.3 is 0 Å². The Kier molecular flexibility index (Phi) is 4.07. The molecule has 0 amide bonds. The molecule has 0 spiro atoms. The number of aryl methyl sites for hydroxylation is 1. The molecule has 0 unspecified atom stereocenters. The van der Waals surface area contributed by atoms with Gasteiger partial charge in [0.2, 0.25) is 5.78 Å². The molecular weight excluding hydrogens is 336 g/mol. The molecule has 1 aliphatic heterocycles. The monoisotopic (exact) mass is 356 g/mol. The minimum absolute atomic E-state index is 0.0831. The van der Waals surface area contributed by atoms with Crippen molar-refractivity contribution in [3.8, 4) is 0 Å². The van der Waals surface area contributed by atoms with E-state index in [0.717, 1.165) is 17.4 Å². The van der Waals surface area contributed by atoms with Gasteiger partial charge in [-0.15, -0.1) is 0 Å². The van der Waals surface area contributed by atoms with Crippen LogP contribution in [0.3, 0.4) is 0 Å². The topological polar surface area (TPSA) is 60.4 Å². The quantitative estimate of drug-likeness (QED) is 0.842. The second kappa shape index (κ2) is 5.85. The number of sulfone groups is 1. The highest BCUT2D eigenvalue weighted by atomic mass is 32.2. The van der Waals surface area contributed by atoms with Crippen LogP contribution < -0.4 is 0 Å².